The number of likely N-dealkylation sites (tertiary alicyclic amines) is 1. The molecule has 24 heavy (non-hydrogen) atoms. The highest BCUT2D eigenvalue weighted by Crippen LogP contribution is 2.22. The minimum atomic E-state index is -0.0573. The van der Waals surface area contributed by atoms with Gasteiger partial charge in [-0.15, -0.1) is 0 Å². The van der Waals surface area contributed by atoms with Gasteiger partial charge in [-0.3, -0.25) is 9.59 Å². The van der Waals surface area contributed by atoms with Crippen LogP contribution in [0.5, 0.6) is 0 Å². The highest BCUT2D eigenvalue weighted by atomic mass is 16.3. The quantitative estimate of drug-likeness (QED) is 0.858. The molecule has 132 valence electrons. The van der Waals surface area contributed by atoms with Gasteiger partial charge in [-0.1, -0.05) is 0 Å². The largest absolute Gasteiger partial charge is 0.469 e. The van der Waals surface area contributed by atoms with Crippen molar-refractivity contribution < 1.29 is 18.9 Å². The Hall–Kier alpha value is -1.82. The number of nitrogens with one attached hydrogen (secondary N) is 1. The van der Waals surface area contributed by atoms with Crippen LogP contribution in [0.15, 0.2) is 16.7 Å². The number of hydrogen-bond acceptors (Lipinski definition) is 3. The number of piperidine rings is 1. The van der Waals surface area contributed by atoms with Crippen molar-refractivity contribution in [1.29, 1.82) is 0 Å². The smallest absolute Gasteiger partial charge is 0.257 e. The molecule has 0 aromatic carbocycles. The van der Waals surface area contributed by atoms with E-state index in [1.807, 2.05) is 9.80 Å². The van der Waals surface area contributed by atoms with Crippen molar-refractivity contribution in [3.8, 4) is 0 Å². The number of furan rings is 1. The van der Waals surface area contributed by atoms with Crippen LogP contribution >= 0.6 is 0 Å². The zero-order chi connectivity index (χ0) is 17.1. The first-order chi connectivity index (χ1) is 11.6. The Morgan fingerprint density at radius 2 is 2.00 bits per heavy atom. The molecule has 1 aromatic heterocycles. The Balaban J connectivity index is 1.60. The molecule has 2 fully saturated rings. The maximum absolute atomic E-state index is 12.8. The van der Waals surface area contributed by atoms with E-state index in [9.17, 15) is 9.59 Å². The lowest BCUT2D eigenvalue weighted by Gasteiger charge is -2.37. The van der Waals surface area contributed by atoms with E-state index in [1.165, 1.54) is 0 Å². The van der Waals surface area contributed by atoms with E-state index < -0.39 is 0 Å². The Labute approximate surface area is 143 Å². The fourth-order valence-corrected chi connectivity index (χ4v) is 3.80. The first kappa shape index (κ1) is 17.0. The van der Waals surface area contributed by atoms with E-state index in [1.54, 1.807) is 24.2 Å². The van der Waals surface area contributed by atoms with E-state index >= 15 is 0 Å². The average Bonchev–Trinajstić information content (AvgIpc) is 3.06. The molecule has 0 saturated carbocycles. The number of quaternary nitrogens is 1. The Morgan fingerprint density at radius 1 is 1.25 bits per heavy atom. The summed E-state index contributed by atoms with van der Waals surface area (Å²) in [7, 11) is 0. The molecule has 6 heteroatoms. The normalized spacial score (nSPS) is 22.7. The van der Waals surface area contributed by atoms with Crippen LogP contribution in [0.4, 0.5) is 0 Å². The maximum atomic E-state index is 12.8. The third kappa shape index (κ3) is 3.48. The van der Waals surface area contributed by atoms with Crippen LogP contribution in [0.2, 0.25) is 0 Å². The molecule has 0 spiro atoms. The van der Waals surface area contributed by atoms with Crippen LogP contribution < -0.4 is 4.90 Å². The third-order valence-electron chi connectivity index (χ3n) is 5.43. The SMILES string of the molecule is CC[NH+]1CCN(C(=O)[C@H]2CCCN(C(=O)c3ccoc3C)C2)CC1. The van der Waals surface area contributed by atoms with Crippen LogP contribution in [-0.2, 0) is 4.79 Å². The molecule has 0 unspecified atom stereocenters. The van der Waals surface area contributed by atoms with Crippen molar-refractivity contribution >= 4 is 11.8 Å². The Bertz CT molecular complexity index is 590. The summed E-state index contributed by atoms with van der Waals surface area (Å²) in [6.45, 7) is 10.1. The Kier molecular flexibility index (Phi) is 5.23. The molecule has 2 saturated heterocycles. The van der Waals surface area contributed by atoms with E-state index in [-0.39, 0.29) is 17.7 Å². The van der Waals surface area contributed by atoms with Gasteiger partial charge in [0.1, 0.15) is 5.76 Å². The molecule has 2 aliphatic heterocycles. The molecule has 3 heterocycles. The topological polar surface area (TPSA) is 58.2 Å². The van der Waals surface area contributed by atoms with Crippen molar-refractivity contribution in [3.63, 3.8) is 0 Å². The van der Waals surface area contributed by atoms with Crippen LogP contribution in [0.25, 0.3) is 0 Å². The number of likely N-dealkylation sites (N-methyl/N-ethyl adjacent to an activating group) is 1. The fraction of sp³-hybridized carbons (Fsp3) is 0.667. The lowest BCUT2D eigenvalue weighted by Crippen LogP contribution is -3.14. The average molecular weight is 334 g/mol. The summed E-state index contributed by atoms with van der Waals surface area (Å²) in [5.41, 5.74) is 0.614. The molecular formula is C18H28N3O3+. The fourth-order valence-electron chi connectivity index (χ4n) is 3.80. The summed E-state index contributed by atoms with van der Waals surface area (Å²) in [5, 5.41) is 0. The molecule has 6 nitrogen and oxygen atoms in total. The van der Waals surface area contributed by atoms with Crippen molar-refractivity contribution in [3.05, 3.63) is 23.7 Å². The third-order valence-corrected chi connectivity index (χ3v) is 5.43. The van der Waals surface area contributed by atoms with E-state index in [0.29, 0.717) is 17.9 Å². The minimum absolute atomic E-state index is 0.0148. The van der Waals surface area contributed by atoms with Gasteiger partial charge in [0.2, 0.25) is 5.91 Å². The van der Waals surface area contributed by atoms with Crippen molar-refractivity contribution in [1.82, 2.24) is 9.80 Å². The second-order valence-corrected chi connectivity index (χ2v) is 6.91. The number of nitrogens with zero attached hydrogens (tertiary/aromatic N) is 2. The molecule has 3 rings (SSSR count). The van der Waals surface area contributed by atoms with Crippen LogP contribution in [0, 0.1) is 12.8 Å². The molecule has 0 aliphatic carbocycles. The van der Waals surface area contributed by atoms with Crippen molar-refractivity contribution in [2.45, 2.75) is 26.7 Å². The molecule has 0 bridgehead atoms. The molecule has 1 atom stereocenters. The van der Waals surface area contributed by atoms with Gasteiger partial charge in [-0.05, 0) is 32.8 Å². The van der Waals surface area contributed by atoms with Gasteiger partial charge in [0, 0.05) is 13.1 Å². The maximum Gasteiger partial charge on any atom is 0.257 e. The van der Waals surface area contributed by atoms with Crippen LogP contribution in [-0.4, -0.2) is 67.4 Å². The van der Waals surface area contributed by atoms with Gasteiger partial charge >= 0.3 is 0 Å². The molecule has 2 amide bonds. The summed E-state index contributed by atoms with van der Waals surface area (Å²) in [4.78, 5) is 30.9. The van der Waals surface area contributed by atoms with Crippen LogP contribution in [0.3, 0.4) is 0 Å². The molecule has 1 N–H and O–H groups in total. The van der Waals surface area contributed by atoms with Gasteiger partial charge < -0.3 is 19.1 Å². The number of hydrogen-bond donors (Lipinski definition) is 1. The van der Waals surface area contributed by atoms with Crippen LogP contribution in [0.1, 0.15) is 35.9 Å². The summed E-state index contributed by atoms with van der Waals surface area (Å²) in [6, 6.07) is 1.72. The summed E-state index contributed by atoms with van der Waals surface area (Å²) in [5.74, 6) is 0.802. The monoisotopic (exact) mass is 334 g/mol. The number of carbonyl (C=O) groups excluding carboxylic acids is 2. The van der Waals surface area contributed by atoms with Gasteiger partial charge in [0.05, 0.1) is 50.5 Å². The zero-order valence-electron chi connectivity index (χ0n) is 14.7. The second-order valence-electron chi connectivity index (χ2n) is 6.91. The van der Waals surface area contributed by atoms with E-state index in [4.69, 9.17) is 4.42 Å². The first-order valence-corrected chi connectivity index (χ1v) is 9.06. The van der Waals surface area contributed by atoms with Crippen molar-refractivity contribution in [2.24, 2.45) is 5.92 Å². The molecule has 0 radical (unpaired) electrons. The first-order valence-electron chi connectivity index (χ1n) is 9.06. The Morgan fingerprint density at radius 3 is 2.62 bits per heavy atom. The highest BCUT2D eigenvalue weighted by Gasteiger charge is 2.33. The predicted molar refractivity (Wildman–Crippen MR) is 89.9 cm³/mol. The summed E-state index contributed by atoms with van der Waals surface area (Å²) >= 11 is 0. The van der Waals surface area contributed by atoms with Gasteiger partial charge in [-0.25, -0.2) is 0 Å². The molecule has 2 aliphatic rings. The minimum Gasteiger partial charge on any atom is -0.469 e. The van der Waals surface area contributed by atoms with Gasteiger partial charge in [0.15, 0.2) is 0 Å². The second kappa shape index (κ2) is 7.38. The summed E-state index contributed by atoms with van der Waals surface area (Å²) in [6.07, 6.45) is 3.32. The standard InChI is InChI=1S/C18H27N3O3/c1-3-19-8-10-20(11-9-19)17(22)15-5-4-7-21(13-15)18(23)16-6-12-24-14(16)2/h6,12,15H,3-5,7-11,13H2,1-2H3/p+1/t15-/m0/s1. The number of carbonyl (C=O) groups is 2. The molecule has 1 aromatic rings. The molecular weight excluding hydrogens is 306 g/mol. The lowest BCUT2D eigenvalue weighted by atomic mass is 9.95. The summed E-state index contributed by atoms with van der Waals surface area (Å²) < 4.78 is 5.24. The number of rotatable bonds is 3. The lowest BCUT2D eigenvalue weighted by molar-refractivity contribution is -0.902. The highest BCUT2D eigenvalue weighted by molar-refractivity contribution is 5.95. The van der Waals surface area contributed by atoms with E-state index in [2.05, 4.69) is 6.92 Å². The zero-order valence-corrected chi connectivity index (χ0v) is 14.7. The van der Waals surface area contributed by atoms with Gasteiger partial charge in [0.25, 0.3) is 5.91 Å². The predicted octanol–water partition coefficient (Wildman–Crippen LogP) is 0.187. The number of amides is 2. The van der Waals surface area contributed by atoms with E-state index in [0.717, 1.165) is 52.1 Å². The van der Waals surface area contributed by atoms with Crippen molar-refractivity contribution in [2.75, 3.05) is 45.8 Å². The number of aryl methyl sites for hydroxylation is 1. The van der Waals surface area contributed by atoms with Gasteiger partial charge in [-0.2, -0.15) is 0 Å². The number of piperazine rings is 1.